The molecule has 1 aromatic heterocycles. The molecule has 0 aliphatic rings. The van der Waals surface area contributed by atoms with Gasteiger partial charge in [-0.05, 0) is 45.0 Å². The Bertz CT molecular complexity index is 724. The van der Waals surface area contributed by atoms with E-state index in [9.17, 15) is 14.9 Å². The monoisotopic (exact) mass is 343 g/mol. The van der Waals surface area contributed by atoms with Crippen LogP contribution in [0.15, 0.2) is 48.7 Å². The van der Waals surface area contributed by atoms with E-state index >= 15 is 0 Å². The second-order valence-electron chi connectivity index (χ2n) is 6.51. The Balaban J connectivity index is 2.06. The predicted octanol–water partition coefficient (Wildman–Crippen LogP) is 3.83. The first-order chi connectivity index (χ1) is 11.8. The summed E-state index contributed by atoms with van der Waals surface area (Å²) in [5.74, 6) is 0.266. The molecule has 2 rings (SSSR count). The van der Waals surface area contributed by atoms with E-state index in [1.165, 1.54) is 24.3 Å². The van der Waals surface area contributed by atoms with E-state index in [2.05, 4.69) is 4.98 Å². The van der Waals surface area contributed by atoms with Gasteiger partial charge < -0.3 is 9.64 Å². The Labute approximate surface area is 146 Å². The maximum atomic E-state index is 12.5. The van der Waals surface area contributed by atoms with Crippen molar-refractivity contribution in [2.45, 2.75) is 32.7 Å². The van der Waals surface area contributed by atoms with Crippen molar-refractivity contribution < 1.29 is 14.5 Å². The van der Waals surface area contributed by atoms with Gasteiger partial charge in [0.05, 0.1) is 4.92 Å². The zero-order valence-corrected chi connectivity index (χ0v) is 14.5. The van der Waals surface area contributed by atoms with Crippen LogP contribution in [0.5, 0.6) is 5.75 Å². The van der Waals surface area contributed by atoms with Gasteiger partial charge in [-0.1, -0.05) is 6.07 Å². The van der Waals surface area contributed by atoms with Gasteiger partial charge in [-0.3, -0.25) is 15.1 Å². The number of aromatic nitrogens is 1. The largest absolute Gasteiger partial charge is 0.415 e. The van der Waals surface area contributed by atoms with Gasteiger partial charge in [0.1, 0.15) is 5.75 Å². The van der Waals surface area contributed by atoms with Crippen LogP contribution in [-0.4, -0.2) is 33.0 Å². The number of carbonyl (C=O) groups is 1. The molecule has 7 nitrogen and oxygen atoms in total. The van der Waals surface area contributed by atoms with Crippen molar-refractivity contribution in [3.05, 3.63) is 64.5 Å². The molecular formula is C18H21N3O4. The Kier molecular flexibility index (Phi) is 5.69. The Morgan fingerprint density at radius 2 is 1.88 bits per heavy atom. The molecule has 7 heteroatoms. The molecule has 0 aliphatic carbocycles. The van der Waals surface area contributed by atoms with Crippen molar-refractivity contribution in [3.63, 3.8) is 0 Å². The van der Waals surface area contributed by atoms with Gasteiger partial charge in [-0.25, -0.2) is 4.79 Å². The molecule has 1 heterocycles. The fourth-order valence-corrected chi connectivity index (χ4v) is 2.26. The highest BCUT2D eigenvalue weighted by molar-refractivity contribution is 5.71. The summed E-state index contributed by atoms with van der Waals surface area (Å²) in [4.78, 5) is 28.6. The van der Waals surface area contributed by atoms with Gasteiger partial charge in [0.15, 0.2) is 0 Å². The summed E-state index contributed by atoms with van der Waals surface area (Å²) in [6.07, 6.45) is 1.82. The summed E-state index contributed by atoms with van der Waals surface area (Å²) < 4.78 is 5.37. The second-order valence-corrected chi connectivity index (χ2v) is 6.51. The van der Waals surface area contributed by atoms with E-state index in [1.54, 1.807) is 11.1 Å². The number of rotatable bonds is 5. The normalized spacial score (nSPS) is 11.0. The summed E-state index contributed by atoms with van der Waals surface area (Å²) in [5, 5.41) is 10.7. The lowest BCUT2D eigenvalue weighted by molar-refractivity contribution is -0.384. The Morgan fingerprint density at radius 1 is 1.20 bits per heavy atom. The van der Waals surface area contributed by atoms with Crippen LogP contribution in [0.1, 0.15) is 26.5 Å². The molecule has 0 spiro atoms. The molecule has 0 bridgehead atoms. The fraction of sp³-hybridized carbons (Fsp3) is 0.333. The number of hydrogen-bond acceptors (Lipinski definition) is 5. The van der Waals surface area contributed by atoms with E-state index < -0.39 is 16.6 Å². The number of nitrogens with zero attached hydrogens (tertiary/aromatic N) is 3. The molecule has 0 fully saturated rings. The summed E-state index contributed by atoms with van der Waals surface area (Å²) in [7, 11) is 0. The van der Waals surface area contributed by atoms with Crippen LogP contribution in [0.4, 0.5) is 10.5 Å². The SMILES string of the molecule is CC(C)(C)N(CCc1ccccn1)C(=O)Oc1ccc([N+](=O)[O-])cc1. The van der Waals surface area contributed by atoms with Crippen molar-refractivity contribution in [1.29, 1.82) is 0 Å². The summed E-state index contributed by atoms with van der Waals surface area (Å²) in [5.41, 5.74) is 0.398. The summed E-state index contributed by atoms with van der Waals surface area (Å²) >= 11 is 0. The first kappa shape index (κ1) is 18.4. The molecule has 0 N–H and O–H groups in total. The topological polar surface area (TPSA) is 85.6 Å². The third-order valence-electron chi connectivity index (χ3n) is 3.60. The van der Waals surface area contributed by atoms with Crippen molar-refractivity contribution in [2.24, 2.45) is 0 Å². The first-order valence-corrected chi connectivity index (χ1v) is 7.91. The van der Waals surface area contributed by atoms with Crippen molar-refractivity contribution in [2.75, 3.05) is 6.54 Å². The minimum absolute atomic E-state index is 0.0531. The lowest BCUT2D eigenvalue weighted by Gasteiger charge is -2.34. The van der Waals surface area contributed by atoms with E-state index in [-0.39, 0.29) is 11.4 Å². The highest BCUT2D eigenvalue weighted by atomic mass is 16.6. The minimum atomic E-state index is -0.503. The molecule has 25 heavy (non-hydrogen) atoms. The Morgan fingerprint density at radius 3 is 2.40 bits per heavy atom. The van der Waals surface area contributed by atoms with Crippen LogP contribution in [0, 0.1) is 10.1 Å². The summed E-state index contributed by atoms with van der Waals surface area (Å²) in [6, 6.07) is 11.1. The quantitative estimate of drug-likeness (QED) is 0.608. The molecule has 0 radical (unpaired) electrons. The molecular weight excluding hydrogens is 322 g/mol. The van der Waals surface area contributed by atoms with Gasteiger partial charge in [-0.2, -0.15) is 0 Å². The number of pyridine rings is 1. The van der Waals surface area contributed by atoms with Gasteiger partial charge in [0.2, 0.25) is 0 Å². The number of amides is 1. The number of benzene rings is 1. The molecule has 1 aromatic carbocycles. The number of ether oxygens (including phenoxy) is 1. The molecule has 2 aromatic rings. The maximum Gasteiger partial charge on any atom is 0.415 e. The average Bonchev–Trinajstić information content (AvgIpc) is 2.55. The maximum absolute atomic E-state index is 12.5. The highest BCUT2D eigenvalue weighted by Gasteiger charge is 2.28. The van der Waals surface area contributed by atoms with Crippen LogP contribution in [0.25, 0.3) is 0 Å². The van der Waals surface area contributed by atoms with Crippen molar-refractivity contribution in [1.82, 2.24) is 9.88 Å². The van der Waals surface area contributed by atoms with Crippen molar-refractivity contribution >= 4 is 11.8 Å². The van der Waals surface area contributed by atoms with E-state index in [1.807, 2.05) is 39.0 Å². The Hall–Kier alpha value is -2.96. The van der Waals surface area contributed by atoms with Gasteiger partial charge in [0.25, 0.3) is 5.69 Å². The third-order valence-corrected chi connectivity index (χ3v) is 3.60. The fourth-order valence-electron chi connectivity index (χ4n) is 2.26. The summed E-state index contributed by atoms with van der Waals surface area (Å²) in [6.45, 7) is 6.21. The van der Waals surface area contributed by atoms with Crippen LogP contribution < -0.4 is 4.74 Å². The second kappa shape index (κ2) is 7.74. The molecule has 0 saturated heterocycles. The molecule has 0 atom stereocenters. The lowest BCUT2D eigenvalue weighted by Crippen LogP contribution is -2.48. The zero-order valence-electron chi connectivity index (χ0n) is 14.5. The van der Waals surface area contributed by atoms with E-state index in [0.29, 0.717) is 13.0 Å². The molecule has 0 unspecified atom stereocenters. The van der Waals surface area contributed by atoms with Gasteiger partial charge in [0, 0.05) is 42.5 Å². The smallest absolute Gasteiger partial charge is 0.410 e. The number of nitro benzene ring substituents is 1. The van der Waals surface area contributed by atoms with Crippen LogP contribution in [0.2, 0.25) is 0 Å². The first-order valence-electron chi connectivity index (χ1n) is 7.91. The molecule has 0 saturated carbocycles. The van der Waals surface area contributed by atoms with E-state index in [4.69, 9.17) is 4.74 Å². The van der Waals surface area contributed by atoms with Crippen LogP contribution in [-0.2, 0) is 6.42 Å². The molecule has 1 amide bonds. The average molecular weight is 343 g/mol. The number of nitro groups is 1. The zero-order chi connectivity index (χ0) is 18.4. The van der Waals surface area contributed by atoms with Crippen molar-refractivity contribution in [3.8, 4) is 5.75 Å². The highest BCUT2D eigenvalue weighted by Crippen LogP contribution is 2.21. The molecule has 132 valence electrons. The number of carbonyl (C=O) groups excluding carboxylic acids is 1. The minimum Gasteiger partial charge on any atom is -0.410 e. The lowest BCUT2D eigenvalue weighted by atomic mass is 10.1. The van der Waals surface area contributed by atoms with Gasteiger partial charge >= 0.3 is 6.09 Å². The predicted molar refractivity (Wildman–Crippen MR) is 93.5 cm³/mol. The standard InChI is InChI=1S/C18H21N3O4/c1-18(2,3)20(13-11-14-6-4-5-12-19-14)17(22)25-16-9-7-15(8-10-16)21(23)24/h4-10,12H,11,13H2,1-3H3. The van der Waals surface area contributed by atoms with E-state index in [0.717, 1.165) is 5.69 Å². The number of hydrogen-bond donors (Lipinski definition) is 0. The van der Waals surface area contributed by atoms with Gasteiger partial charge in [-0.15, -0.1) is 0 Å². The molecule has 0 aliphatic heterocycles. The third kappa shape index (κ3) is 5.27. The van der Waals surface area contributed by atoms with Crippen LogP contribution in [0.3, 0.4) is 0 Å². The van der Waals surface area contributed by atoms with Crippen LogP contribution >= 0.6 is 0 Å². The number of non-ortho nitro benzene ring substituents is 1.